The normalized spacial score (nSPS) is 23.9. The van der Waals surface area contributed by atoms with Gasteiger partial charge in [0.25, 0.3) is 0 Å². The van der Waals surface area contributed by atoms with Crippen LogP contribution in [0.2, 0.25) is 0 Å². The predicted octanol–water partition coefficient (Wildman–Crippen LogP) is 3.44. The average molecular weight is 348 g/mol. The van der Waals surface area contributed by atoms with Crippen molar-refractivity contribution in [1.82, 2.24) is 14.8 Å². The Kier molecular flexibility index (Phi) is 6.06. The van der Waals surface area contributed by atoms with E-state index in [1.54, 1.807) is 17.4 Å². The van der Waals surface area contributed by atoms with E-state index in [0.29, 0.717) is 5.92 Å². The monoisotopic (exact) mass is 347 g/mol. The molecule has 0 saturated carbocycles. The molecular formula is C19H29N3OS. The zero-order valence-corrected chi connectivity index (χ0v) is 15.7. The first-order chi connectivity index (χ1) is 11.6. The van der Waals surface area contributed by atoms with E-state index >= 15 is 0 Å². The molecule has 3 heterocycles. The van der Waals surface area contributed by atoms with Gasteiger partial charge in [-0.25, -0.2) is 4.98 Å². The molecule has 0 bridgehead atoms. The quantitative estimate of drug-likeness (QED) is 0.783. The van der Waals surface area contributed by atoms with Gasteiger partial charge in [-0.2, -0.15) is 0 Å². The van der Waals surface area contributed by atoms with E-state index in [1.165, 1.54) is 32.4 Å². The zero-order chi connectivity index (χ0) is 16.9. The van der Waals surface area contributed by atoms with Gasteiger partial charge in [0.15, 0.2) is 0 Å². The Morgan fingerprint density at radius 1 is 1.33 bits per heavy atom. The minimum Gasteiger partial charge on any atom is -0.339 e. The fraction of sp³-hybridized carbons (Fsp3) is 0.684. The summed E-state index contributed by atoms with van der Waals surface area (Å²) in [6, 6.07) is 0. The van der Waals surface area contributed by atoms with E-state index in [0.717, 1.165) is 42.7 Å². The van der Waals surface area contributed by atoms with Crippen molar-refractivity contribution < 1.29 is 4.79 Å². The molecule has 3 rings (SSSR count). The first-order valence-electron chi connectivity index (χ1n) is 9.21. The summed E-state index contributed by atoms with van der Waals surface area (Å²) in [5, 5.41) is 3.03. The average Bonchev–Trinajstić information content (AvgIpc) is 3.00. The molecule has 2 aliphatic heterocycles. The first-order valence-corrected chi connectivity index (χ1v) is 10.1. The van der Waals surface area contributed by atoms with Crippen LogP contribution in [0.5, 0.6) is 0 Å². The lowest BCUT2D eigenvalue weighted by Crippen LogP contribution is -2.44. The number of carbonyl (C=O) groups excluding carboxylic acids is 1. The Balaban J connectivity index is 1.49. The van der Waals surface area contributed by atoms with Crippen LogP contribution < -0.4 is 0 Å². The smallest absolute Gasteiger partial charge is 0.246 e. The highest BCUT2D eigenvalue weighted by molar-refractivity contribution is 7.09. The number of hydrogen-bond donors (Lipinski definition) is 0. The van der Waals surface area contributed by atoms with Crippen LogP contribution in [-0.4, -0.2) is 53.4 Å². The summed E-state index contributed by atoms with van der Waals surface area (Å²) in [6.07, 6.45) is 8.58. The van der Waals surface area contributed by atoms with Gasteiger partial charge in [-0.1, -0.05) is 6.92 Å². The lowest BCUT2D eigenvalue weighted by atomic mass is 9.94. The number of carbonyl (C=O) groups is 1. The number of hydrogen-bond acceptors (Lipinski definition) is 4. The number of thiazole rings is 1. The molecule has 0 aromatic carbocycles. The molecule has 0 spiro atoms. The molecule has 0 radical (unpaired) electrons. The fourth-order valence-electron chi connectivity index (χ4n) is 3.74. The summed E-state index contributed by atoms with van der Waals surface area (Å²) in [6.45, 7) is 9.77. The standard InChI is InChI=1S/C19H29N3OS/c1-15-7-10-21(11-8-15)12-17-4-3-9-22(13-17)19(23)6-5-18-14-24-16(2)20-18/h5-6,14-15,17H,3-4,7-13H2,1-2H3/b6-5-/t17-/m0/s1. The number of aromatic nitrogens is 1. The van der Waals surface area contributed by atoms with Gasteiger partial charge in [-0.05, 0) is 63.6 Å². The third-order valence-electron chi connectivity index (χ3n) is 5.26. The van der Waals surface area contributed by atoms with Crippen molar-refractivity contribution in [3.63, 3.8) is 0 Å². The molecule has 0 aliphatic carbocycles. The molecule has 1 aromatic rings. The predicted molar refractivity (Wildman–Crippen MR) is 100 cm³/mol. The molecule has 5 heteroatoms. The topological polar surface area (TPSA) is 36.4 Å². The Morgan fingerprint density at radius 3 is 2.83 bits per heavy atom. The van der Waals surface area contributed by atoms with E-state index in [-0.39, 0.29) is 5.91 Å². The lowest BCUT2D eigenvalue weighted by Gasteiger charge is -2.37. The van der Waals surface area contributed by atoms with Gasteiger partial charge in [0, 0.05) is 31.1 Å². The fourth-order valence-corrected chi connectivity index (χ4v) is 4.32. The molecule has 132 valence electrons. The van der Waals surface area contributed by atoms with E-state index < -0.39 is 0 Å². The largest absolute Gasteiger partial charge is 0.339 e. The van der Waals surface area contributed by atoms with E-state index in [4.69, 9.17) is 0 Å². The summed E-state index contributed by atoms with van der Waals surface area (Å²) < 4.78 is 0. The van der Waals surface area contributed by atoms with Crippen LogP contribution in [0.4, 0.5) is 0 Å². The Morgan fingerprint density at radius 2 is 2.12 bits per heavy atom. The molecule has 24 heavy (non-hydrogen) atoms. The number of piperidine rings is 2. The molecule has 2 aliphatic rings. The van der Waals surface area contributed by atoms with Gasteiger partial charge in [0.05, 0.1) is 10.7 Å². The van der Waals surface area contributed by atoms with Crippen molar-refractivity contribution in [3.05, 3.63) is 22.2 Å². The van der Waals surface area contributed by atoms with E-state index in [9.17, 15) is 4.79 Å². The van der Waals surface area contributed by atoms with Crippen molar-refractivity contribution in [2.75, 3.05) is 32.7 Å². The van der Waals surface area contributed by atoms with Gasteiger partial charge in [0.2, 0.25) is 5.91 Å². The molecule has 4 nitrogen and oxygen atoms in total. The molecule has 2 saturated heterocycles. The van der Waals surface area contributed by atoms with Crippen LogP contribution in [0.1, 0.15) is 43.3 Å². The Labute approximate surface area is 149 Å². The highest BCUT2D eigenvalue weighted by Gasteiger charge is 2.25. The first kappa shape index (κ1) is 17.6. The van der Waals surface area contributed by atoms with Gasteiger partial charge < -0.3 is 9.80 Å². The summed E-state index contributed by atoms with van der Waals surface area (Å²) in [5.41, 5.74) is 0.891. The Bertz CT molecular complexity index is 575. The van der Waals surface area contributed by atoms with Crippen molar-refractivity contribution in [2.24, 2.45) is 11.8 Å². The number of nitrogens with zero attached hydrogens (tertiary/aromatic N) is 3. The molecule has 0 unspecified atom stereocenters. The molecule has 1 amide bonds. The summed E-state index contributed by atoms with van der Waals surface area (Å²) in [7, 11) is 0. The van der Waals surface area contributed by atoms with E-state index in [1.807, 2.05) is 23.3 Å². The maximum Gasteiger partial charge on any atom is 0.246 e. The maximum absolute atomic E-state index is 12.5. The van der Waals surface area contributed by atoms with Crippen LogP contribution in [0, 0.1) is 18.8 Å². The van der Waals surface area contributed by atoms with Crippen LogP contribution in [0.3, 0.4) is 0 Å². The van der Waals surface area contributed by atoms with Crippen LogP contribution >= 0.6 is 11.3 Å². The van der Waals surface area contributed by atoms with Crippen LogP contribution in [-0.2, 0) is 4.79 Å². The van der Waals surface area contributed by atoms with Gasteiger partial charge >= 0.3 is 0 Å². The molecule has 1 atom stereocenters. The number of aryl methyl sites for hydroxylation is 1. The van der Waals surface area contributed by atoms with E-state index in [2.05, 4.69) is 16.8 Å². The number of rotatable bonds is 4. The molecule has 0 N–H and O–H groups in total. The highest BCUT2D eigenvalue weighted by atomic mass is 32.1. The zero-order valence-electron chi connectivity index (χ0n) is 14.9. The molecule has 2 fully saturated rings. The summed E-state index contributed by atoms with van der Waals surface area (Å²) in [4.78, 5) is 21.5. The third kappa shape index (κ3) is 4.90. The number of amides is 1. The SMILES string of the molecule is Cc1nc(/C=C\C(=O)N2CCC[C@@H](CN3CCC(C)CC3)C2)cs1. The second kappa shape index (κ2) is 8.26. The van der Waals surface area contributed by atoms with Crippen LogP contribution in [0.15, 0.2) is 11.5 Å². The molecular weight excluding hydrogens is 318 g/mol. The van der Waals surface area contributed by atoms with Crippen molar-refractivity contribution in [1.29, 1.82) is 0 Å². The van der Waals surface area contributed by atoms with Crippen molar-refractivity contribution in [2.45, 2.75) is 39.5 Å². The molecule has 1 aromatic heterocycles. The van der Waals surface area contributed by atoms with Crippen molar-refractivity contribution >= 4 is 23.3 Å². The summed E-state index contributed by atoms with van der Waals surface area (Å²) >= 11 is 1.62. The third-order valence-corrected chi connectivity index (χ3v) is 6.05. The minimum atomic E-state index is 0.137. The second-order valence-electron chi connectivity index (χ2n) is 7.40. The van der Waals surface area contributed by atoms with Gasteiger partial charge in [-0.3, -0.25) is 4.79 Å². The lowest BCUT2D eigenvalue weighted by molar-refractivity contribution is -0.127. The second-order valence-corrected chi connectivity index (χ2v) is 8.46. The van der Waals surface area contributed by atoms with Gasteiger partial charge in [0.1, 0.15) is 0 Å². The highest BCUT2D eigenvalue weighted by Crippen LogP contribution is 2.22. The minimum absolute atomic E-state index is 0.137. The number of likely N-dealkylation sites (tertiary alicyclic amines) is 2. The van der Waals surface area contributed by atoms with Crippen LogP contribution in [0.25, 0.3) is 6.08 Å². The maximum atomic E-state index is 12.5. The van der Waals surface area contributed by atoms with Gasteiger partial charge in [-0.15, -0.1) is 11.3 Å². The Hall–Kier alpha value is -1.20. The van der Waals surface area contributed by atoms with Crippen molar-refractivity contribution in [3.8, 4) is 0 Å². The summed E-state index contributed by atoms with van der Waals surface area (Å²) in [5.74, 6) is 1.65.